The third-order valence-electron chi connectivity index (χ3n) is 3.12. The number of sulfonamides is 1. The molecule has 0 bridgehead atoms. The minimum Gasteiger partial charge on any atom is -0.316 e. The van der Waals surface area contributed by atoms with Crippen LogP contribution in [-0.4, -0.2) is 33.0 Å². The molecule has 19 heavy (non-hydrogen) atoms. The average Bonchev–Trinajstić information content (AvgIpc) is 2.38. The van der Waals surface area contributed by atoms with Gasteiger partial charge in [0.25, 0.3) is 10.0 Å². The highest BCUT2D eigenvalue weighted by atomic mass is 35.5. The number of hydrogen-bond acceptors (Lipinski definition) is 4. The quantitative estimate of drug-likeness (QED) is 0.873. The molecular formula is C12H20ClN3O2S. The number of rotatable bonds is 4. The topological polar surface area (TPSA) is 71.1 Å². The van der Waals surface area contributed by atoms with Crippen LogP contribution in [-0.2, 0) is 10.0 Å². The fourth-order valence-corrected chi connectivity index (χ4v) is 3.05. The van der Waals surface area contributed by atoms with Crippen molar-refractivity contribution in [2.24, 2.45) is 5.92 Å². The zero-order valence-electron chi connectivity index (χ0n) is 10.9. The maximum absolute atomic E-state index is 12.0. The van der Waals surface area contributed by atoms with Crippen molar-refractivity contribution >= 4 is 22.4 Å². The number of piperidine rings is 1. The van der Waals surface area contributed by atoms with E-state index in [0.717, 1.165) is 31.5 Å². The van der Waals surface area contributed by atoms with E-state index in [9.17, 15) is 8.42 Å². The minimum absolute atomic E-state index is 0. The van der Waals surface area contributed by atoms with Crippen molar-refractivity contribution < 1.29 is 8.42 Å². The molecule has 1 aliphatic heterocycles. The average molecular weight is 306 g/mol. The molecule has 1 aromatic heterocycles. The molecule has 1 atom stereocenters. The van der Waals surface area contributed by atoms with Gasteiger partial charge in [-0.3, -0.25) is 0 Å². The van der Waals surface area contributed by atoms with Gasteiger partial charge in [0, 0.05) is 12.7 Å². The number of nitrogens with zero attached hydrogens (tertiary/aromatic N) is 1. The molecule has 7 heteroatoms. The molecule has 0 radical (unpaired) electrons. The van der Waals surface area contributed by atoms with Crippen LogP contribution in [0.25, 0.3) is 0 Å². The number of pyridine rings is 1. The van der Waals surface area contributed by atoms with Gasteiger partial charge in [0.1, 0.15) is 0 Å². The van der Waals surface area contributed by atoms with Gasteiger partial charge in [-0.2, -0.15) is 0 Å². The monoisotopic (exact) mass is 305 g/mol. The molecule has 1 saturated heterocycles. The van der Waals surface area contributed by atoms with E-state index < -0.39 is 10.0 Å². The van der Waals surface area contributed by atoms with Crippen molar-refractivity contribution in [3.05, 3.63) is 23.9 Å². The Bertz CT molecular complexity index is 484. The minimum atomic E-state index is -3.47. The molecule has 0 spiro atoms. The number of nitrogens with one attached hydrogen (secondary N) is 2. The predicted octanol–water partition coefficient (Wildman–Crippen LogP) is 1.09. The first kappa shape index (κ1) is 16.4. The number of aromatic nitrogens is 1. The Labute approximate surface area is 120 Å². The Kier molecular flexibility index (Phi) is 6.19. The molecule has 0 amide bonds. The zero-order valence-corrected chi connectivity index (χ0v) is 12.6. The number of hydrogen-bond donors (Lipinski definition) is 2. The van der Waals surface area contributed by atoms with Gasteiger partial charge in [-0.1, -0.05) is 6.07 Å². The van der Waals surface area contributed by atoms with Gasteiger partial charge in [-0.25, -0.2) is 18.1 Å². The fraction of sp³-hybridized carbons (Fsp3) is 0.583. The van der Waals surface area contributed by atoms with E-state index in [-0.39, 0.29) is 17.4 Å². The first-order valence-electron chi connectivity index (χ1n) is 6.21. The lowest BCUT2D eigenvalue weighted by Crippen LogP contribution is -2.38. The molecule has 1 aliphatic rings. The smallest absolute Gasteiger partial charge is 0.258 e. The van der Waals surface area contributed by atoms with Crippen LogP contribution in [0.5, 0.6) is 0 Å². The normalized spacial score (nSPS) is 19.7. The summed E-state index contributed by atoms with van der Waals surface area (Å²) in [5, 5.41) is 3.36. The second kappa shape index (κ2) is 7.19. The molecule has 1 unspecified atom stereocenters. The standard InChI is InChI=1S/C12H19N3O2S.ClH/c1-10-4-5-12(14-7-10)18(16,17)15-9-11-3-2-6-13-8-11;/h4-5,7,11,13,15H,2-3,6,8-9H2,1H3;1H. The summed E-state index contributed by atoms with van der Waals surface area (Å²) in [5.74, 6) is 0.374. The lowest BCUT2D eigenvalue weighted by atomic mass is 10.0. The second-order valence-electron chi connectivity index (χ2n) is 4.74. The van der Waals surface area contributed by atoms with Crippen molar-refractivity contribution in [1.82, 2.24) is 15.0 Å². The Balaban J connectivity index is 0.00000180. The van der Waals surface area contributed by atoms with E-state index in [1.165, 1.54) is 6.07 Å². The van der Waals surface area contributed by atoms with E-state index in [1.54, 1.807) is 12.3 Å². The van der Waals surface area contributed by atoms with Crippen molar-refractivity contribution in [2.45, 2.75) is 24.8 Å². The van der Waals surface area contributed by atoms with Gasteiger partial charge in [-0.15, -0.1) is 12.4 Å². The molecule has 0 aromatic carbocycles. The van der Waals surface area contributed by atoms with Gasteiger partial charge < -0.3 is 5.32 Å². The molecule has 2 heterocycles. The second-order valence-corrected chi connectivity index (χ2v) is 6.45. The van der Waals surface area contributed by atoms with Crippen LogP contribution in [0.4, 0.5) is 0 Å². The van der Waals surface area contributed by atoms with Gasteiger partial charge in [0.2, 0.25) is 0 Å². The van der Waals surface area contributed by atoms with Crippen molar-refractivity contribution in [3.8, 4) is 0 Å². The molecular weight excluding hydrogens is 286 g/mol. The van der Waals surface area contributed by atoms with Crippen LogP contribution in [0.2, 0.25) is 0 Å². The van der Waals surface area contributed by atoms with E-state index >= 15 is 0 Å². The van der Waals surface area contributed by atoms with Crippen LogP contribution in [0.3, 0.4) is 0 Å². The Morgan fingerprint density at radius 2 is 2.26 bits per heavy atom. The summed E-state index contributed by atoms with van der Waals surface area (Å²) in [6.45, 7) is 4.27. The molecule has 0 aliphatic carbocycles. The molecule has 1 aromatic rings. The summed E-state index contributed by atoms with van der Waals surface area (Å²) in [6.07, 6.45) is 3.74. The molecule has 2 rings (SSSR count). The van der Waals surface area contributed by atoms with Crippen LogP contribution in [0, 0.1) is 12.8 Å². The summed E-state index contributed by atoms with van der Waals surface area (Å²) in [5.41, 5.74) is 0.949. The van der Waals surface area contributed by atoms with Gasteiger partial charge >= 0.3 is 0 Å². The summed E-state index contributed by atoms with van der Waals surface area (Å²) >= 11 is 0. The van der Waals surface area contributed by atoms with Crippen LogP contribution in [0.15, 0.2) is 23.4 Å². The highest BCUT2D eigenvalue weighted by molar-refractivity contribution is 7.89. The SMILES string of the molecule is Cc1ccc(S(=O)(=O)NCC2CCCNC2)nc1.Cl. The lowest BCUT2D eigenvalue weighted by Gasteiger charge is -2.22. The maximum atomic E-state index is 12.0. The third kappa shape index (κ3) is 4.72. The van der Waals surface area contributed by atoms with Gasteiger partial charge in [0.15, 0.2) is 5.03 Å². The first-order valence-corrected chi connectivity index (χ1v) is 7.69. The Morgan fingerprint density at radius 3 is 2.84 bits per heavy atom. The van der Waals surface area contributed by atoms with E-state index in [1.807, 2.05) is 6.92 Å². The highest BCUT2D eigenvalue weighted by Crippen LogP contribution is 2.11. The third-order valence-corrected chi connectivity index (χ3v) is 4.46. The van der Waals surface area contributed by atoms with E-state index in [4.69, 9.17) is 0 Å². The lowest BCUT2D eigenvalue weighted by molar-refractivity contribution is 0.375. The maximum Gasteiger partial charge on any atom is 0.258 e. The summed E-state index contributed by atoms with van der Waals surface area (Å²) < 4.78 is 26.6. The van der Waals surface area contributed by atoms with Crippen LogP contribution in [0.1, 0.15) is 18.4 Å². The van der Waals surface area contributed by atoms with Crippen molar-refractivity contribution in [3.63, 3.8) is 0 Å². The zero-order chi connectivity index (χ0) is 13.0. The fourth-order valence-electron chi connectivity index (χ4n) is 2.01. The van der Waals surface area contributed by atoms with Gasteiger partial charge in [-0.05, 0) is 50.4 Å². The largest absolute Gasteiger partial charge is 0.316 e. The molecule has 5 nitrogen and oxygen atoms in total. The van der Waals surface area contributed by atoms with Crippen molar-refractivity contribution in [1.29, 1.82) is 0 Å². The number of halogens is 1. The van der Waals surface area contributed by atoms with Gasteiger partial charge in [0.05, 0.1) is 0 Å². The van der Waals surface area contributed by atoms with Crippen molar-refractivity contribution in [2.75, 3.05) is 19.6 Å². The summed E-state index contributed by atoms with van der Waals surface area (Å²) in [4.78, 5) is 3.95. The molecule has 2 N–H and O–H groups in total. The van der Waals surface area contributed by atoms with Crippen LogP contribution >= 0.6 is 12.4 Å². The Hall–Kier alpha value is -0.690. The first-order chi connectivity index (χ1) is 8.58. The van der Waals surface area contributed by atoms with E-state index in [2.05, 4.69) is 15.0 Å². The Morgan fingerprint density at radius 1 is 1.47 bits per heavy atom. The number of aryl methyl sites for hydroxylation is 1. The summed E-state index contributed by atoms with van der Waals surface area (Å²) in [6, 6.07) is 3.29. The molecule has 1 fully saturated rings. The predicted molar refractivity (Wildman–Crippen MR) is 77.0 cm³/mol. The van der Waals surface area contributed by atoms with Crippen LogP contribution < -0.4 is 10.0 Å². The summed E-state index contributed by atoms with van der Waals surface area (Å²) in [7, 11) is -3.47. The molecule has 0 saturated carbocycles. The van der Waals surface area contributed by atoms with E-state index in [0.29, 0.717) is 12.5 Å². The highest BCUT2D eigenvalue weighted by Gasteiger charge is 2.19. The molecule has 108 valence electrons.